The molecule has 4 nitrogen and oxygen atoms in total. The van der Waals surface area contributed by atoms with E-state index in [1.165, 1.54) is 0 Å². The van der Waals surface area contributed by atoms with Crippen molar-refractivity contribution < 1.29 is 17.9 Å². The molecule has 0 spiro atoms. The van der Waals surface area contributed by atoms with Crippen LogP contribution in [0.3, 0.4) is 0 Å². The summed E-state index contributed by atoms with van der Waals surface area (Å²) >= 11 is 0. The van der Waals surface area contributed by atoms with Crippen LogP contribution in [-0.2, 0) is 9.84 Å². The van der Waals surface area contributed by atoms with E-state index in [-0.39, 0.29) is 17.5 Å². The molecule has 0 aromatic heterocycles. The van der Waals surface area contributed by atoms with Gasteiger partial charge in [0.1, 0.15) is 6.17 Å². The number of aliphatic hydroxyl groups excluding tert-OH is 1. The lowest BCUT2D eigenvalue weighted by atomic mass is 10.1. The topological polar surface area (TPSA) is 66.4 Å². The predicted octanol–water partition coefficient (Wildman–Crippen LogP) is -0.376. The molecule has 4 atom stereocenters. The van der Waals surface area contributed by atoms with Gasteiger partial charge in [-0.25, -0.2) is 12.8 Å². The number of nitrogens with one attached hydrogen (secondary N) is 1. The van der Waals surface area contributed by atoms with Gasteiger partial charge in [-0.15, -0.1) is 0 Å². The zero-order chi connectivity index (χ0) is 11.1. The predicted molar refractivity (Wildman–Crippen MR) is 54.1 cm³/mol. The number of hydrogen-bond donors (Lipinski definition) is 2. The summed E-state index contributed by atoms with van der Waals surface area (Å²) in [6, 6.07) is -0.769. The summed E-state index contributed by atoms with van der Waals surface area (Å²) in [7, 11) is -3.14. The van der Waals surface area contributed by atoms with E-state index in [2.05, 4.69) is 5.32 Å². The number of aliphatic hydroxyl groups is 1. The molecule has 1 heterocycles. The highest BCUT2D eigenvalue weighted by molar-refractivity contribution is 7.91. The monoisotopic (exact) mass is 237 g/mol. The first-order chi connectivity index (χ1) is 6.98. The highest BCUT2D eigenvalue weighted by Gasteiger charge is 2.39. The maximum absolute atomic E-state index is 13.3. The fourth-order valence-corrected chi connectivity index (χ4v) is 4.12. The molecule has 88 valence electrons. The van der Waals surface area contributed by atoms with Gasteiger partial charge in [0.2, 0.25) is 0 Å². The second-order valence-electron chi connectivity index (χ2n) is 4.47. The Bertz CT molecular complexity index is 332. The Hall–Kier alpha value is -0.200. The van der Waals surface area contributed by atoms with Crippen molar-refractivity contribution in [1.29, 1.82) is 0 Å². The van der Waals surface area contributed by atoms with Gasteiger partial charge >= 0.3 is 0 Å². The van der Waals surface area contributed by atoms with Gasteiger partial charge in [0.25, 0.3) is 0 Å². The number of halogens is 1. The number of hydrogen-bond acceptors (Lipinski definition) is 4. The third-order valence-electron chi connectivity index (χ3n) is 3.18. The molecule has 2 rings (SSSR count). The smallest absolute Gasteiger partial charge is 0.154 e. The lowest BCUT2D eigenvalue weighted by Gasteiger charge is -2.21. The molecule has 2 aliphatic rings. The van der Waals surface area contributed by atoms with Crippen LogP contribution in [0.15, 0.2) is 0 Å². The van der Waals surface area contributed by atoms with Gasteiger partial charge in [-0.3, -0.25) is 0 Å². The molecule has 1 aliphatic heterocycles. The molecule has 2 N–H and O–H groups in total. The molecule has 0 bridgehead atoms. The van der Waals surface area contributed by atoms with E-state index in [0.717, 1.165) is 12.8 Å². The largest absolute Gasteiger partial charge is 0.390 e. The molecule has 0 aromatic carbocycles. The van der Waals surface area contributed by atoms with Crippen molar-refractivity contribution in [2.24, 2.45) is 0 Å². The van der Waals surface area contributed by atoms with Crippen LogP contribution in [0.2, 0.25) is 0 Å². The minimum Gasteiger partial charge on any atom is -0.390 e. The minimum absolute atomic E-state index is 0.0720. The van der Waals surface area contributed by atoms with E-state index in [4.69, 9.17) is 0 Å². The van der Waals surface area contributed by atoms with Crippen molar-refractivity contribution in [3.05, 3.63) is 0 Å². The number of rotatable bonds is 2. The van der Waals surface area contributed by atoms with Crippen LogP contribution in [0.25, 0.3) is 0 Å². The maximum Gasteiger partial charge on any atom is 0.154 e. The third kappa shape index (κ3) is 2.49. The first-order valence-electron chi connectivity index (χ1n) is 5.26. The Morgan fingerprint density at radius 1 is 1.20 bits per heavy atom. The van der Waals surface area contributed by atoms with E-state index >= 15 is 0 Å². The minimum atomic E-state index is -3.14. The quantitative estimate of drug-likeness (QED) is 0.687. The SMILES string of the molecule is O=S1(=O)CC(N[C@@H]2CCC[C@H]2F)[C@H](O)C1. The second kappa shape index (κ2) is 3.99. The van der Waals surface area contributed by atoms with Gasteiger partial charge < -0.3 is 10.4 Å². The molecule has 1 unspecified atom stereocenters. The summed E-state index contributed by atoms with van der Waals surface area (Å²) in [5, 5.41) is 12.4. The van der Waals surface area contributed by atoms with E-state index in [9.17, 15) is 17.9 Å². The van der Waals surface area contributed by atoms with Gasteiger partial charge in [-0.1, -0.05) is 0 Å². The van der Waals surface area contributed by atoms with Crippen LogP contribution in [-0.4, -0.2) is 49.4 Å². The Morgan fingerprint density at radius 3 is 2.40 bits per heavy atom. The first-order valence-corrected chi connectivity index (χ1v) is 7.09. The molecule has 1 saturated heterocycles. The summed E-state index contributed by atoms with van der Waals surface area (Å²) in [6.45, 7) is 0. The van der Waals surface area contributed by atoms with Gasteiger partial charge in [-0.2, -0.15) is 0 Å². The average molecular weight is 237 g/mol. The zero-order valence-corrected chi connectivity index (χ0v) is 9.21. The van der Waals surface area contributed by atoms with E-state index in [1.807, 2.05) is 0 Å². The lowest BCUT2D eigenvalue weighted by Crippen LogP contribution is -2.47. The van der Waals surface area contributed by atoms with E-state index < -0.39 is 28.2 Å². The van der Waals surface area contributed by atoms with E-state index in [1.54, 1.807) is 0 Å². The number of alkyl halides is 1. The second-order valence-corrected chi connectivity index (χ2v) is 6.62. The van der Waals surface area contributed by atoms with Crippen molar-refractivity contribution in [2.45, 2.75) is 43.6 Å². The summed E-state index contributed by atoms with van der Waals surface area (Å²) in [6.07, 6.45) is 0.301. The highest BCUT2D eigenvalue weighted by atomic mass is 32.2. The van der Waals surface area contributed by atoms with Gasteiger partial charge in [0.15, 0.2) is 9.84 Å². The van der Waals surface area contributed by atoms with Crippen LogP contribution in [0.5, 0.6) is 0 Å². The van der Waals surface area contributed by atoms with Crippen molar-refractivity contribution >= 4 is 9.84 Å². The molecule has 6 heteroatoms. The Kier molecular flexibility index (Phi) is 3.00. The van der Waals surface area contributed by atoms with Gasteiger partial charge in [-0.05, 0) is 19.3 Å². The van der Waals surface area contributed by atoms with Crippen molar-refractivity contribution in [2.75, 3.05) is 11.5 Å². The maximum atomic E-state index is 13.3. The Labute approximate surface area is 88.8 Å². The normalized spacial score (nSPS) is 44.7. The first kappa shape index (κ1) is 11.3. The molecule has 0 radical (unpaired) electrons. The van der Waals surface area contributed by atoms with Crippen LogP contribution in [0, 0.1) is 0 Å². The fourth-order valence-electron chi connectivity index (χ4n) is 2.37. The molecule has 15 heavy (non-hydrogen) atoms. The van der Waals surface area contributed by atoms with Crippen LogP contribution >= 0.6 is 0 Å². The molecule has 1 aliphatic carbocycles. The zero-order valence-electron chi connectivity index (χ0n) is 8.39. The van der Waals surface area contributed by atoms with Crippen LogP contribution in [0.1, 0.15) is 19.3 Å². The summed E-state index contributed by atoms with van der Waals surface area (Å²) in [5.74, 6) is -0.272. The molecular formula is C9H16FNO3S. The Balaban J connectivity index is 1.95. The summed E-state index contributed by atoms with van der Waals surface area (Å²) in [5.41, 5.74) is 0. The van der Waals surface area contributed by atoms with Crippen molar-refractivity contribution in [3.8, 4) is 0 Å². The lowest BCUT2D eigenvalue weighted by molar-refractivity contribution is 0.148. The van der Waals surface area contributed by atoms with Crippen LogP contribution < -0.4 is 5.32 Å². The standard InChI is InChI=1S/C9H16FNO3S/c10-6-2-1-3-7(6)11-8-4-15(13,14)5-9(8)12/h6-9,11-12H,1-5H2/t6-,7-,8?,9-/m1/s1. The number of sulfone groups is 1. The van der Waals surface area contributed by atoms with Crippen molar-refractivity contribution in [3.63, 3.8) is 0 Å². The van der Waals surface area contributed by atoms with Crippen molar-refractivity contribution in [1.82, 2.24) is 5.32 Å². The highest BCUT2D eigenvalue weighted by Crippen LogP contribution is 2.24. The average Bonchev–Trinajstić information content (AvgIpc) is 2.59. The summed E-state index contributed by atoms with van der Waals surface area (Å²) in [4.78, 5) is 0. The Morgan fingerprint density at radius 2 is 1.93 bits per heavy atom. The molecule has 2 fully saturated rings. The molecule has 0 amide bonds. The van der Waals surface area contributed by atoms with Gasteiger partial charge in [0.05, 0.1) is 17.6 Å². The molecular weight excluding hydrogens is 221 g/mol. The van der Waals surface area contributed by atoms with Crippen LogP contribution in [0.4, 0.5) is 4.39 Å². The van der Waals surface area contributed by atoms with E-state index in [0.29, 0.717) is 6.42 Å². The molecule has 0 aromatic rings. The summed E-state index contributed by atoms with van der Waals surface area (Å²) < 4.78 is 35.7. The molecule has 1 saturated carbocycles. The fraction of sp³-hybridized carbons (Fsp3) is 1.00. The van der Waals surface area contributed by atoms with Gasteiger partial charge in [0, 0.05) is 12.1 Å². The third-order valence-corrected chi connectivity index (χ3v) is 4.90.